The van der Waals surface area contributed by atoms with E-state index in [2.05, 4.69) is 48.5 Å². The van der Waals surface area contributed by atoms with Crippen LogP contribution in [0, 0.1) is 0 Å². The molecule has 2 aromatic carbocycles. The van der Waals surface area contributed by atoms with Gasteiger partial charge in [-0.25, -0.2) is 0 Å². The number of epoxide rings is 2. The maximum Gasteiger partial charge on any atom is 0.106 e. The van der Waals surface area contributed by atoms with E-state index in [1.165, 1.54) is 22.3 Å². The second kappa shape index (κ2) is 3.94. The van der Waals surface area contributed by atoms with Gasteiger partial charge in [-0.3, -0.25) is 0 Å². The molecule has 0 aromatic heterocycles. The summed E-state index contributed by atoms with van der Waals surface area (Å²) in [6.45, 7) is 1.74. The Balaban J connectivity index is 1.60. The normalized spacial score (nSPS) is 24.9. The molecule has 2 aromatic rings. The molecular weight excluding hydrogens is 224 g/mol. The second-order valence-corrected chi connectivity index (χ2v) is 4.89. The van der Waals surface area contributed by atoms with Gasteiger partial charge < -0.3 is 9.47 Å². The van der Waals surface area contributed by atoms with Crippen molar-refractivity contribution in [2.45, 2.75) is 12.2 Å². The van der Waals surface area contributed by atoms with Gasteiger partial charge in [0.25, 0.3) is 0 Å². The Morgan fingerprint density at radius 3 is 1.22 bits per heavy atom. The molecule has 18 heavy (non-hydrogen) atoms. The predicted molar refractivity (Wildman–Crippen MR) is 69.3 cm³/mol. The van der Waals surface area contributed by atoms with Crippen molar-refractivity contribution in [1.82, 2.24) is 0 Å². The summed E-state index contributed by atoms with van der Waals surface area (Å²) < 4.78 is 10.6. The van der Waals surface area contributed by atoms with E-state index in [4.69, 9.17) is 9.47 Å². The van der Waals surface area contributed by atoms with Gasteiger partial charge in [0.2, 0.25) is 0 Å². The van der Waals surface area contributed by atoms with E-state index in [0.29, 0.717) is 12.2 Å². The summed E-state index contributed by atoms with van der Waals surface area (Å²) in [7, 11) is 0. The number of hydrogen-bond acceptors (Lipinski definition) is 2. The van der Waals surface area contributed by atoms with Gasteiger partial charge in [0.1, 0.15) is 12.2 Å². The zero-order valence-corrected chi connectivity index (χ0v) is 10.0. The lowest BCUT2D eigenvalue weighted by molar-refractivity contribution is 0.415. The maximum atomic E-state index is 5.28. The lowest BCUT2D eigenvalue weighted by Gasteiger charge is -2.04. The minimum absolute atomic E-state index is 0.341. The number of rotatable bonds is 3. The molecule has 2 saturated heterocycles. The van der Waals surface area contributed by atoms with Crippen molar-refractivity contribution < 1.29 is 9.47 Å². The first-order valence-corrected chi connectivity index (χ1v) is 6.34. The third-order valence-electron chi connectivity index (χ3n) is 3.56. The first-order valence-electron chi connectivity index (χ1n) is 6.34. The predicted octanol–water partition coefficient (Wildman–Crippen LogP) is 3.50. The van der Waals surface area contributed by atoms with Gasteiger partial charge in [-0.1, -0.05) is 48.5 Å². The molecule has 2 unspecified atom stereocenters. The highest BCUT2D eigenvalue weighted by Crippen LogP contribution is 2.33. The quantitative estimate of drug-likeness (QED) is 0.765. The molecule has 2 nitrogen and oxygen atoms in total. The van der Waals surface area contributed by atoms with Crippen LogP contribution in [0.2, 0.25) is 0 Å². The SMILES string of the molecule is c1cc(C2CO2)ccc1-c1ccc(C2CO2)cc1. The summed E-state index contributed by atoms with van der Waals surface area (Å²) in [4.78, 5) is 0. The molecule has 0 bridgehead atoms. The molecule has 2 heterocycles. The van der Waals surface area contributed by atoms with Crippen LogP contribution < -0.4 is 0 Å². The Kier molecular flexibility index (Phi) is 2.25. The Morgan fingerprint density at radius 1 is 0.611 bits per heavy atom. The lowest BCUT2D eigenvalue weighted by atomic mass is 10.0. The van der Waals surface area contributed by atoms with Crippen LogP contribution in [0.15, 0.2) is 48.5 Å². The van der Waals surface area contributed by atoms with Crippen molar-refractivity contribution >= 4 is 0 Å². The topological polar surface area (TPSA) is 25.1 Å². The molecule has 2 fully saturated rings. The lowest BCUT2D eigenvalue weighted by Crippen LogP contribution is -1.84. The Bertz CT molecular complexity index is 495. The third-order valence-corrected chi connectivity index (χ3v) is 3.56. The largest absolute Gasteiger partial charge is 0.368 e. The highest BCUT2D eigenvalue weighted by Gasteiger charge is 2.25. The van der Waals surface area contributed by atoms with Gasteiger partial charge >= 0.3 is 0 Å². The molecule has 90 valence electrons. The summed E-state index contributed by atoms with van der Waals surface area (Å²) in [5, 5.41) is 0. The van der Waals surface area contributed by atoms with Crippen molar-refractivity contribution in [1.29, 1.82) is 0 Å². The molecule has 0 amide bonds. The molecule has 2 heteroatoms. The Hall–Kier alpha value is -1.64. The van der Waals surface area contributed by atoms with Gasteiger partial charge in [-0.05, 0) is 22.3 Å². The minimum atomic E-state index is 0.341. The van der Waals surface area contributed by atoms with E-state index in [1.54, 1.807) is 0 Å². The van der Waals surface area contributed by atoms with E-state index in [-0.39, 0.29) is 0 Å². The second-order valence-electron chi connectivity index (χ2n) is 4.89. The summed E-state index contributed by atoms with van der Waals surface area (Å²) in [6, 6.07) is 17.3. The standard InChI is InChI=1S/C16H14O2/c1-5-13(15-9-17-15)6-2-11(1)12-3-7-14(8-4-12)16-10-18-16/h1-8,15-16H,9-10H2. The fourth-order valence-electron chi connectivity index (χ4n) is 2.26. The Labute approximate surface area is 106 Å². The fourth-order valence-corrected chi connectivity index (χ4v) is 2.26. The van der Waals surface area contributed by atoms with E-state index in [1.807, 2.05) is 0 Å². The minimum Gasteiger partial charge on any atom is -0.368 e. The van der Waals surface area contributed by atoms with Crippen LogP contribution in [-0.2, 0) is 9.47 Å². The molecular formula is C16H14O2. The van der Waals surface area contributed by atoms with E-state index in [0.717, 1.165) is 13.2 Å². The number of ether oxygens (including phenoxy) is 2. The third kappa shape index (κ3) is 1.94. The van der Waals surface area contributed by atoms with Crippen LogP contribution in [0.3, 0.4) is 0 Å². The van der Waals surface area contributed by atoms with Crippen molar-refractivity contribution in [2.75, 3.05) is 13.2 Å². The first kappa shape index (κ1) is 10.3. The molecule has 0 aliphatic carbocycles. The summed E-state index contributed by atoms with van der Waals surface area (Å²) in [5.41, 5.74) is 5.06. The van der Waals surface area contributed by atoms with Crippen molar-refractivity contribution in [3.05, 3.63) is 59.7 Å². The molecule has 2 aliphatic rings. The Morgan fingerprint density at radius 2 is 0.944 bits per heavy atom. The van der Waals surface area contributed by atoms with Crippen LogP contribution in [-0.4, -0.2) is 13.2 Å². The van der Waals surface area contributed by atoms with Gasteiger partial charge in [-0.2, -0.15) is 0 Å². The van der Waals surface area contributed by atoms with Crippen LogP contribution in [0.5, 0.6) is 0 Å². The highest BCUT2D eigenvalue weighted by atomic mass is 16.6. The smallest absolute Gasteiger partial charge is 0.106 e. The summed E-state index contributed by atoms with van der Waals surface area (Å²) >= 11 is 0. The molecule has 2 atom stereocenters. The number of hydrogen-bond donors (Lipinski definition) is 0. The molecule has 0 spiro atoms. The summed E-state index contributed by atoms with van der Waals surface area (Å²) in [6.07, 6.45) is 0.682. The molecule has 2 aliphatic heterocycles. The molecule has 0 radical (unpaired) electrons. The van der Waals surface area contributed by atoms with E-state index >= 15 is 0 Å². The van der Waals surface area contributed by atoms with Gasteiger partial charge in [0.05, 0.1) is 13.2 Å². The zero-order valence-electron chi connectivity index (χ0n) is 10.0. The maximum absolute atomic E-state index is 5.28. The van der Waals surface area contributed by atoms with Crippen LogP contribution in [0.1, 0.15) is 23.3 Å². The summed E-state index contributed by atoms with van der Waals surface area (Å²) in [5.74, 6) is 0. The first-order chi connectivity index (χ1) is 8.90. The van der Waals surface area contributed by atoms with E-state index in [9.17, 15) is 0 Å². The van der Waals surface area contributed by atoms with Gasteiger partial charge in [0, 0.05) is 0 Å². The van der Waals surface area contributed by atoms with Gasteiger partial charge in [0.15, 0.2) is 0 Å². The van der Waals surface area contributed by atoms with Crippen LogP contribution in [0.4, 0.5) is 0 Å². The van der Waals surface area contributed by atoms with Gasteiger partial charge in [-0.15, -0.1) is 0 Å². The highest BCUT2D eigenvalue weighted by molar-refractivity contribution is 5.64. The zero-order chi connectivity index (χ0) is 11.9. The molecule has 4 rings (SSSR count). The fraction of sp³-hybridized carbons (Fsp3) is 0.250. The average Bonchev–Trinajstić information content (AvgIpc) is 3.32. The number of benzene rings is 2. The van der Waals surface area contributed by atoms with Crippen molar-refractivity contribution in [2.24, 2.45) is 0 Å². The van der Waals surface area contributed by atoms with E-state index < -0.39 is 0 Å². The average molecular weight is 238 g/mol. The molecule has 0 saturated carbocycles. The molecule has 0 N–H and O–H groups in total. The van der Waals surface area contributed by atoms with Crippen molar-refractivity contribution in [3.8, 4) is 11.1 Å². The monoisotopic (exact) mass is 238 g/mol. The van der Waals surface area contributed by atoms with Crippen LogP contribution in [0.25, 0.3) is 11.1 Å². The van der Waals surface area contributed by atoms with Crippen LogP contribution >= 0.6 is 0 Å². The van der Waals surface area contributed by atoms with Crippen molar-refractivity contribution in [3.63, 3.8) is 0 Å².